The van der Waals surface area contributed by atoms with Gasteiger partial charge in [-0.05, 0) is 56.0 Å². The molecule has 0 aromatic heterocycles. The van der Waals surface area contributed by atoms with Crippen molar-refractivity contribution in [3.05, 3.63) is 0 Å². The predicted octanol–water partition coefficient (Wildman–Crippen LogP) is 3.10. The standard InChI is InChI=1S/C13H24FN/c1-11(2)10-15-5-3-13(4-6-15)7-12(8-13)9-14/h11-12H,3-10H2,1-2H3. The van der Waals surface area contributed by atoms with Gasteiger partial charge in [0.15, 0.2) is 0 Å². The van der Waals surface area contributed by atoms with Gasteiger partial charge in [-0.25, -0.2) is 0 Å². The molecule has 1 aliphatic heterocycles. The van der Waals surface area contributed by atoms with Crippen molar-refractivity contribution in [3.63, 3.8) is 0 Å². The number of rotatable bonds is 3. The topological polar surface area (TPSA) is 3.24 Å². The highest BCUT2D eigenvalue weighted by Gasteiger charge is 2.45. The van der Waals surface area contributed by atoms with Crippen LogP contribution in [0.5, 0.6) is 0 Å². The molecule has 1 spiro atoms. The van der Waals surface area contributed by atoms with E-state index in [0.717, 1.165) is 5.92 Å². The van der Waals surface area contributed by atoms with Gasteiger partial charge < -0.3 is 4.90 Å². The van der Waals surface area contributed by atoms with E-state index >= 15 is 0 Å². The van der Waals surface area contributed by atoms with Crippen molar-refractivity contribution in [1.29, 1.82) is 0 Å². The van der Waals surface area contributed by atoms with Crippen molar-refractivity contribution in [1.82, 2.24) is 4.90 Å². The highest BCUT2D eigenvalue weighted by atomic mass is 19.1. The zero-order valence-corrected chi connectivity index (χ0v) is 10.1. The van der Waals surface area contributed by atoms with Gasteiger partial charge in [-0.3, -0.25) is 4.39 Å². The average Bonchev–Trinajstić information content (AvgIpc) is 2.15. The highest BCUT2D eigenvalue weighted by molar-refractivity contribution is 4.96. The van der Waals surface area contributed by atoms with Gasteiger partial charge in [0, 0.05) is 6.54 Å². The van der Waals surface area contributed by atoms with Gasteiger partial charge in [0.25, 0.3) is 0 Å². The fraction of sp³-hybridized carbons (Fsp3) is 1.00. The zero-order chi connectivity index (χ0) is 10.9. The Labute approximate surface area is 93.0 Å². The summed E-state index contributed by atoms with van der Waals surface area (Å²) in [5.41, 5.74) is 0.560. The minimum Gasteiger partial charge on any atom is -0.303 e. The molecule has 2 rings (SSSR count). The number of hydrogen-bond acceptors (Lipinski definition) is 1. The quantitative estimate of drug-likeness (QED) is 0.696. The molecule has 0 aromatic rings. The molecular formula is C13H24FN. The number of piperidine rings is 1. The van der Waals surface area contributed by atoms with Gasteiger partial charge in [0.2, 0.25) is 0 Å². The minimum absolute atomic E-state index is 0.0859. The Hall–Kier alpha value is -0.110. The maximum atomic E-state index is 12.4. The van der Waals surface area contributed by atoms with Crippen molar-refractivity contribution in [2.75, 3.05) is 26.3 Å². The molecule has 2 heteroatoms. The van der Waals surface area contributed by atoms with Crippen LogP contribution in [0, 0.1) is 17.3 Å². The highest BCUT2D eigenvalue weighted by Crippen LogP contribution is 2.52. The summed E-state index contributed by atoms with van der Waals surface area (Å²) in [6.07, 6.45) is 4.96. The van der Waals surface area contributed by atoms with E-state index in [4.69, 9.17) is 0 Å². The normalized spacial score (nSPS) is 27.2. The first kappa shape index (κ1) is 11.4. The van der Waals surface area contributed by atoms with Crippen molar-refractivity contribution < 1.29 is 4.39 Å². The van der Waals surface area contributed by atoms with Crippen LogP contribution in [-0.4, -0.2) is 31.2 Å². The van der Waals surface area contributed by atoms with Crippen molar-refractivity contribution in [2.24, 2.45) is 17.3 Å². The molecule has 0 radical (unpaired) electrons. The monoisotopic (exact) mass is 213 g/mol. The molecular weight excluding hydrogens is 189 g/mol. The van der Waals surface area contributed by atoms with E-state index in [1.54, 1.807) is 0 Å². The fourth-order valence-electron chi connectivity index (χ4n) is 3.41. The van der Waals surface area contributed by atoms with Gasteiger partial charge in [0.1, 0.15) is 0 Å². The van der Waals surface area contributed by atoms with Crippen LogP contribution >= 0.6 is 0 Å². The zero-order valence-electron chi connectivity index (χ0n) is 10.1. The Morgan fingerprint density at radius 3 is 2.33 bits per heavy atom. The fourth-order valence-corrected chi connectivity index (χ4v) is 3.41. The maximum Gasteiger partial charge on any atom is 0.0923 e. The van der Waals surface area contributed by atoms with Crippen molar-refractivity contribution in [3.8, 4) is 0 Å². The van der Waals surface area contributed by atoms with E-state index in [1.165, 1.54) is 45.3 Å². The summed E-state index contributed by atoms with van der Waals surface area (Å²) in [6.45, 7) is 8.22. The maximum absolute atomic E-state index is 12.4. The Morgan fingerprint density at radius 2 is 1.87 bits per heavy atom. The molecule has 1 saturated heterocycles. The third-order valence-corrected chi connectivity index (χ3v) is 4.20. The second-order valence-electron chi connectivity index (χ2n) is 6.12. The van der Waals surface area contributed by atoms with Gasteiger partial charge in [-0.1, -0.05) is 13.8 Å². The van der Waals surface area contributed by atoms with E-state index in [0.29, 0.717) is 11.3 Å². The summed E-state index contributed by atoms with van der Waals surface area (Å²) in [4.78, 5) is 2.58. The molecule has 0 aromatic carbocycles. The minimum atomic E-state index is -0.0859. The molecule has 88 valence electrons. The smallest absolute Gasteiger partial charge is 0.0923 e. The first-order valence-electron chi connectivity index (χ1n) is 6.42. The third kappa shape index (κ3) is 2.52. The van der Waals surface area contributed by atoms with E-state index in [9.17, 15) is 4.39 Å². The van der Waals surface area contributed by atoms with Crippen LogP contribution in [0.2, 0.25) is 0 Å². The summed E-state index contributed by atoms with van der Waals surface area (Å²) in [7, 11) is 0. The predicted molar refractivity (Wildman–Crippen MR) is 61.6 cm³/mol. The summed E-state index contributed by atoms with van der Waals surface area (Å²) < 4.78 is 12.4. The van der Waals surface area contributed by atoms with E-state index in [1.807, 2.05) is 0 Å². The van der Waals surface area contributed by atoms with Gasteiger partial charge in [0.05, 0.1) is 6.67 Å². The van der Waals surface area contributed by atoms with Crippen molar-refractivity contribution in [2.45, 2.75) is 39.5 Å². The summed E-state index contributed by atoms with van der Waals surface area (Å²) in [5, 5.41) is 0. The average molecular weight is 213 g/mol. The van der Waals surface area contributed by atoms with Gasteiger partial charge in [-0.2, -0.15) is 0 Å². The van der Waals surface area contributed by atoms with Gasteiger partial charge in [-0.15, -0.1) is 0 Å². The van der Waals surface area contributed by atoms with Crippen LogP contribution in [0.4, 0.5) is 4.39 Å². The lowest BCUT2D eigenvalue weighted by Crippen LogP contribution is -2.48. The van der Waals surface area contributed by atoms with Crippen molar-refractivity contribution >= 4 is 0 Å². The Kier molecular flexibility index (Phi) is 3.34. The Bertz CT molecular complexity index is 199. The number of likely N-dealkylation sites (tertiary alicyclic amines) is 1. The Balaban J connectivity index is 1.73. The first-order chi connectivity index (χ1) is 7.13. The molecule has 1 nitrogen and oxygen atoms in total. The lowest BCUT2D eigenvalue weighted by Gasteiger charge is -2.52. The lowest BCUT2D eigenvalue weighted by atomic mass is 9.58. The molecule has 0 N–H and O–H groups in total. The van der Waals surface area contributed by atoms with Crippen LogP contribution in [0.25, 0.3) is 0 Å². The molecule has 1 saturated carbocycles. The van der Waals surface area contributed by atoms with Crippen LogP contribution in [0.1, 0.15) is 39.5 Å². The molecule has 15 heavy (non-hydrogen) atoms. The second-order valence-corrected chi connectivity index (χ2v) is 6.12. The van der Waals surface area contributed by atoms with Crippen LogP contribution in [0.3, 0.4) is 0 Å². The van der Waals surface area contributed by atoms with Crippen LogP contribution in [-0.2, 0) is 0 Å². The number of halogens is 1. The molecule has 1 aliphatic carbocycles. The van der Waals surface area contributed by atoms with Crippen LogP contribution in [0.15, 0.2) is 0 Å². The SMILES string of the molecule is CC(C)CN1CCC2(CC1)CC(CF)C2. The molecule has 0 bridgehead atoms. The summed E-state index contributed by atoms with van der Waals surface area (Å²) in [6, 6.07) is 0. The number of alkyl halides is 1. The second kappa shape index (κ2) is 4.40. The van der Waals surface area contributed by atoms with E-state index < -0.39 is 0 Å². The summed E-state index contributed by atoms with van der Waals surface area (Å²) >= 11 is 0. The first-order valence-corrected chi connectivity index (χ1v) is 6.42. The number of nitrogens with zero attached hydrogens (tertiary/aromatic N) is 1. The molecule has 2 aliphatic rings. The third-order valence-electron chi connectivity index (χ3n) is 4.20. The van der Waals surface area contributed by atoms with Crippen LogP contribution < -0.4 is 0 Å². The molecule has 0 unspecified atom stereocenters. The molecule has 0 amide bonds. The Morgan fingerprint density at radius 1 is 1.27 bits per heavy atom. The van der Waals surface area contributed by atoms with Gasteiger partial charge >= 0.3 is 0 Å². The molecule has 2 fully saturated rings. The van der Waals surface area contributed by atoms with E-state index in [2.05, 4.69) is 18.7 Å². The molecule has 1 heterocycles. The van der Waals surface area contributed by atoms with E-state index in [-0.39, 0.29) is 6.67 Å². The summed E-state index contributed by atoms with van der Waals surface area (Å²) in [5.74, 6) is 1.18. The number of hydrogen-bond donors (Lipinski definition) is 0. The molecule has 0 atom stereocenters. The largest absolute Gasteiger partial charge is 0.303 e. The lowest BCUT2D eigenvalue weighted by molar-refractivity contribution is -0.0235.